The summed E-state index contributed by atoms with van der Waals surface area (Å²) in [7, 11) is 0. The van der Waals surface area contributed by atoms with Crippen LogP contribution in [0.3, 0.4) is 0 Å². The molecule has 2 aliphatic rings. The zero-order chi connectivity index (χ0) is 45.1. The lowest BCUT2D eigenvalue weighted by Crippen LogP contribution is -2.38. The molecular weight excluding hydrogens is 889 g/mol. The molecule has 4 nitrogen and oxygen atoms in total. The Morgan fingerprint density at radius 1 is 0.409 bits per heavy atom. The highest BCUT2D eigenvalue weighted by Crippen LogP contribution is 2.65. The van der Waals surface area contributed by atoms with Gasteiger partial charge in [-0.25, -0.2) is 0 Å². The second kappa shape index (κ2) is 19.8. The van der Waals surface area contributed by atoms with E-state index in [0.717, 1.165) is 71.3 Å². The summed E-state index contributed by atoms with van der Waals surface area (Å²) in [5.74, 6) is 3.62. The molecule has 2 unspecified atom stereocenters. The molecule has 0 saturated carbocycles. The molecule has 4 aromatic heterocycles. The van der Waals surface area contributed by atoms with Gasteiger partial charge < -0.3 is 18.9 Å². The van der Waals surface area contributed by atoms with Gasteiger partial charge in [-0.15, -0.1) is 45.3 Å². The summed E-state index contributed by atoms with van der Waals surface area (Å²) in [6, 6.07) is 39.8. The minimum atomic E-state index is -0.929. The summed E-state index contributed by atoms with van der Waals surface area (Å²) in [5.41, 5.74) is 7.35. The molecule has 0 aliphatic carbocycles. The molecule has 10 rings (SSSR count). The summed E-state index contributed by atoms with van der Waals surface area (Å²) >= 11 is 7.32. The van der Waals surface area contributed by atoms with Crippen LogP contribution >= 0.6 is 45.3 Å². The van der Waals surface area contributed by atoms with Gasteiger partial charge in [-0.05, 0) is 73.8 Å². The second-order valence-electron chi connectivity index (χ2n) is 18.1. The smallest absolute Gasteiger partial charge is 0.187 e. The van der Waals surface area contributed by atoms with Gasteiger partial charge in [-0.3, -0.25) is 0 Å². The molecule has 8 aromatic rings. The molecule has 0 fully saturated rings. The van der Waals surface area contributed by atoms with Crippen LogP contribution < -0.4 is 18.9 Å². The third kappa shape index (κ3) is 8.31. The van der Waals surface area contributed by atoms with Gasteiger partial charge in [-0.2, -0.15) is 0 Å². The fraction of sp³-hybridized carbons (Fsp3) is 0.345. The van der Waals surface area contributed by atoms with Crippen LogP contribution in [0.15, 0.2) is 120 Å². The summed E-state index contributed by atoms with van der Waals surface area (Å²) in [4.78, 5) is 4.87. The largest absolute Gasteiger partial charge is 0.494 e. The Bertz CT molecular complexity index is 2660. The van der Waals surface area contributed by atoms with Crippen LogP contribution in [0, 0.1) is 13.8 Å². The Morgan fingerprint density at radius 3 is 1.14 bits per heavy atom. The highest BCUT2D eigenvalue weighted by Gasteiger charge is 2.52. The molecule has 0 radical (unpaired) electrons. The number of aryl methyl sites for hydroxylation is 2. The van der Waals surface area contributed by atoms with Crippen LogP contribution in [0.4, 0.5) is 0 Å². The molecule has 2 atom stereocenters. The molecule has 0 saturated heterocycles. The molecule has 0 spiro atoms. The molecule has 0 N–H and O–H groups in total. The number of rotatable bonds is 20. The van der Waals surface area contributed by atoms with Crippen molar-refractivity contribution in [2.75, 3.05) is 13.2 Å². The van der Waals surface area contributed by atoms with Crippen molar-refractivity contribution >= 4 is 54.7 Å². The lowest BCUT2D eigenvalue weighted by Gasteiger charge is -2.39. The monoisotopic (exact) mass is 948 g/mol. The van der Waals surface area contributed by atoms with E-state index in [-0.39, 0.29) is 0 Å². The molecule has 4 aromatic carbocycles. The SMILES string of the molecule is CCCCCCCCOc1ccc(C2(c3ccc(C)cc3)Oc3ccsc3-c3sc4c5c(sc4c32)-c2sccc2OC5(c2ccc(C)cc2)c2ccc(OCCCCCCCC)cc2)cc1. The minimum Gasteiger partial charge on any atom is -0.494 e. The van der Waals surface area contributed by atoms with E-state index < -0.39 is 11.2 Å². The number of fused-ring (bicyclic) bond motifs is 9. The second-order valence-corrected chi connectivity index (χ2v) is 22.0. The van der Waals surface area contributed by atoms with Gasteiger partial charge >= 0.3 is 0 Å². The van der Waals surface area contributed by atoms with E-state index in [1.165, 1.54) is 115 Å². The normalized spacial score (nSPS) is 17.1. The van der Waals surface area contributed by atoms with Crippen LogP contribution in [0.1, 0.15) is 135 Å². The van der Waals surface area contributed by atoms with Crippen LogP contribution in [-0.2, 0) is 11.2 Å². The molecule has 6 heterocycles. The first-order chi connectivity index (χ1) is 32.4. The van der Waals surface area contributed by atoms with Crippen molar-refractivity contribution in [1.29, 1.82) is 0 Å². The van der Waals surface area contributed by atoms with Gasteiger partial charge in [0.1, 0.15) is 23.0 Å². The van der Waals surface area contributed by atoms with E-state index in [9.17, 15) is 0 Å². The minimum absolute atomic E-state index is 0.726. The summed E-state index contributed by atoms with van der Waals surface area (Å²) < 4.78 is 30.4. The van der Waals surface area contributed by atoms with Crippen molar-refractivity contribution in [3.63, 3.8) is 0 Å². The number of ether oxygens (including phenoxy) is 4. The molecule has 2 aliphatic heterocycles. The first-order valence-corrected chi connectivity index (χ1v) is 27.6. The number of thiophene rings is 4. The van der Waals surface area contributed by atoms with Gasteiger partial charge in [0.15, 0.2) is 11.2 Å². The van der Waals surface area contributed by atoms with Crippen molar-refractivity contribution in [3.05, 3.63) is 164 Å². The Labute approximate surface area is 407 Å². The van der Waals surface area contributed by atoms with Crippen molar-refractivity contribution in [1.82, 2.24) is 0 Å². The summed E-state index contributed by atoms with van der Waals surface area (Å²) in [6.45, 7) is 10.3. The van der Waals surface area contributed by atoms with E-state index in [0.29, 0.717) is 0 Å². The average Bonchev–Trinajstić information content (AvgIpc) is 4.16. The number of unbranched alkanes of at least 4 members (excludes halogenated alkanes) is 10. The highest BCUT2D eigenvalue weighted by atomic mass is 32.1. The van der Waals surface area contributed by atoms with Gasteiger partial charge in [0.2, 0.25) is 0 Å². The van der Waals surface area contributed by atoms with Crippen LogP contribution in [-0.4, -0.2) is 13.2 Å². The summed E-state index contributed by atoms with van der Waals surface area (Å²) in [5, 5.41) is 4.35. The van der Waals surface area contributed by atoms with Crippen molar-refractivity contribution in [2.45, 2.75) is 116 Å². The lowest BCUT2D eigenvalue weighted by atomic mass is 9.77. The topological polar surface area (TPSA) is 36.9 Å². The third-order valence-electron chi connectivity index (χ3n) is 13.4. The Hall–Kier alpha value is -4.86. The van der Waals surface area contributed by atoms with Crippen LogP contribution in [0.25, 0.3) is 28.9 Å². The van der Waals surface area contributed by atoms with E-state index >= 15 is 0 Å². The van der Waals surface area contributed by atoms with E-state index in [1.807, 2.05) is 22.7 Å². The number of hydrogen-bond donors (Lipinski definition) is 0. The maximum atomic E-state index is 7.59. The Balaban J connectivity index is 1.12. The number of hydrogen-bond acceptors (Lipinski definition) is 8. The fourth-order valence-electron chi connectivity index (χ4n) is 9.85. The van der Waals surface area contributed by atoms with Crippen LogP contribution in [0.5, 0.6) is 23.0 Å². The zero-order valence-electron chi connectivity index (χ0n) is 38.7. The quantitative estimate of drug-likeness (QED) is 0.0714. The van der Waals surface area contributed by atoms with Gasteiger partial charge in [0.25, 0.3) is 0 Å². The summed E-state index contributed by atoms with van der Waals surface area (Å²) in [6.07, 6.45) is 14.8. The average molecular weight is 949 g/mol. The van der Waals surface area contributed by atoms with E-state index in [2.05, 4.69) is 148 Å². The maximum Gasteiger partial charge on any atom is 0.187 e. The third-order valence-corrected chi connectivity index (χ3v) is 18.1. The number of benzene rings is 4. The molecule has 0 bridgehead atoms. The molecule has 340 valence electrons. The highest BCUT2D eigenvalue weighted by molar-refractivity contribution is 7.34. The van der Waals surface area contributed by atoms with Crippen molar-refractivity contribution in [3.8, 4) is 42.5 Å². The molecule has 8 heteroatoms. The maximum absolute atomic E-state index is 7.59. The standard InChI is InChI=1S/C58H60O4S4/c1-5-7-9-11-13-15-35-59-45-29-25-43(26-30-45)57(41-21-17-39(3)18-22-41)49-53(51-47(61-57)33-37-63-51)65-56-50-54(66-55(49)56)52-48(34-38-64-52)62-58(50,42-23-19-40(4)20-24-42)44-27-31-46(32-28-44)60-36-16-14-12-10-8-6-2/h17-34,37-38H,5-16,35-36H2,1-4H3. The predicted octanol–water partition coefficient (Wildman–Crippen LogP) is 17.9. The van der Waals surface area contributed by atoms with Crippen molar-refractivity contribution < 1.29 is 18.9 Å². The van der Waals surface area contributed by atoms with E-state index in [1.54, 1.807) is 22.7 Å². The zero-order valence-corrected chi connectivity index (χ0v) is 42.0. The Kier molecular flexibility index (Phi) is 13.5. The van der Waals surface area contributed by atoms with Crippen molar-refractivity contribution in [2.24, 2.45) is 0 Å². The van der Waals surface area contributed by atoms with Gasteiger partial charge in [0.05, 0.1) is 42.1 Å². The molecular formula is C58H60O4S4. The van der Waals surface area contributed by atoms with Crippen LogP contribution in [0.2, 0.25) is 0 Å². The van der Waals surface area contributed by atoms with Gasteiger partial charge in [0, 0.05) is 33.4 Å². The first-order valence-electron chi connectivity index (χ1n) is 24.2. The molecule has 66 heavy (non-hydrogen) atoms. The predicted molar refractivity (Wildman–Crippen MR) is 280 cm³/mol. The van der Waals surface area contributed by atoms with E-state index in [4.69, 9.17) is 18.9 Å². The lowest BCUT2D eigenvalue weighted by molar-refractivity contribution is 0.154. The van der Waals surface area contributed by atoms with Gasteiger partial charge in [-0.1, -0.05) is 162 Å². The first kappa shape index (κ1) is 44.9. The Morgan fingerprint density at radius 2 is 0.758 bits per heavy atom. The molecule has 0 amide bonds. The fourth-order valence-corrected chi connectivity index (χ4v) is 14.9.